The molecule has 0 bridgehead atoms. The number of nitrogens with one attached hydrogen (secondary N) is 1. The summed E-state index contributed by atoms with van der Waals surface area (Å²) in [7, 11) is 6.42. The Morgan fingerprint density at radius 3 is 2.22 bits per heavy atom. The van der Waals surface area contributed by atoms with Crippen molar-refractivity contribution in [2.75, 3.05) is 46.2 Å². The highest BCUT2D eigenvalue weighted by molar-refractivity contribution is 6.01. The molecule has 49 heavy (non-hydrogen) atoms. The van der Waals surface area contributed by atoms with Gasteiger partial charge < -0.3 is 15.5 Å². The van der Waals surface area contributed by atoms with Gasteiger partial charge in [0, 0.05) is 47.9 Å². The standard InChI is InChI=1S/C40H50N6O3/c1-27-22-33(37(47)6-5-21-46(2,3)4)17-20-36(27)30-11-7-28(8-12-30)23-34(24-38(48)31-13-9-29(25-41)10-14-31)40(49)44-35-18-15-32(16-19-35)39-42-26-43-45-39/h7-8,11-12,15-20,22,29,31,34H,5-6,9-10,13-14,21,23-26,41H2,1-4H3/p+1/t29?,31?,34-/m1/s1. The van der Waals surface area contributed by atoms with Gasteiger partial charge in [-0.3, -0.25) is 14.4 Å². The number of aliphatic imine (C=N–C) groups is 1. The van der Waals surface area contributed by atoms with Crippen LogP contribution in [0.3, 0.4) is 0 Å². The average molecular weight is 664 g/mol. The number of hydrogen-bond acceptors (Lipinski definition) is 7. The van der Waals surface area contributed by atoms with Crippen molar-refractivity contribution in [1.82, 2.24) is 0 Å². The summed E-state index contributed by atoms with van der Waals surface area (Å²) in [5.41, 5.74) is 12.3. The van der Waals surface area contributed by atoms with E-state index in [1.165, 1.54) is 0 Å². The Morgan fingerprint density at radius 2 is 1.61 bits per heavy atom. The van der Waals surface area contributed by atoms with E-state index < -0.39 is 5.92 Å². The summed E-state index contributed by atoms with van der Waals surface area (Å²) in [6, 6.07) is 21.5. The van der Waals surface area contributed by atoms with Crippen LogP contribution in [0.2, 0.25) is 0 Å². The first-order valence-corrected chi connectivity index (χ1v) is 17.6. The van der Waals surface area contributed by atoms with Gasteiger partial charge in [0.1, 0.15) is 5.78 Å². The zero-order valence-electron chi connectivity index (χ0n) is 29.5. The molecule has 9 nitrogen and oxygen atoms in total. The van der Waals surface area contributed by atoms with Gasteiger partial charge in [0.15, 0.2) is 18.3 Å². The molecule has 0 unspecified atom stereocenters. The first kappa shape index (κ1) is 36.0. The van der Waals surface area contributed by atoms with E-state index >= 15 is 0 Å². The fourth-order valence-electron chi connectivity index (χ4n) is 6.84. The second kappa shape index (κ2) is 16.4. The van der Waals surface area contributed by atoms with Crippen molar-refractivity contribution in [3.05, 3.63) is 89.0 Å². The van der Waals surface area contributed by atoms with Crippen LogP contribution in [0.15, 0.2) is 82.0 Å². The van der Waals surface area contributed by atoms with Gasteiger partial charge in [0.25, 0.3) is 0 Å². The van der Waals surface area contributed by atoms with Crippen LogP contribution in [0, 0.1) is 24.7 Å². The molecule has 1 saturated carbocycles. The molecule has 2 aliphatic rings. The highest BCUT2D eigenvalue weighted by atomic mass is 16.2. The molecule has 3 aromatic rings. The number of quaternary nitrogens is 1. The average Bonchev–Trinajstić information content (AvgIpc) is 3.63. The number of hydrogen-bond donors (Lipinski definition) is 2. The molecule has 1 aliphatic heterocycles. The van der Waals surface area contributed by atoms with E-state index in [1.54, 1.807) is 0 Å². The third-order valence-corrected chi connectivity index (χ3v) is 9.84. The van der Waals surface area contributed by atoms with Crippen LogP contribution in [0.1, 0.15) is 72.0 Å². The Morgan fingerprint density at radius 1 is 0.918 bits per heavy atom. The molecule has 1 aliphatic carbocycles. The van der Waals surface area contributed by atoms with E-state index in [-0.39, 0.29) is 29.8 Å². The first-order chi connectivity index (χ1) is 23.5. The number of carbonyl (C=O) groups is 3. The van der Waals surface area contributed by atoms with Crippen LogP contribution in [0.25, 0.3) is 11.1 Å². The van der Waals surface area contributed by atoms with Crippen LogP contribution in [-0.4, -0.2) is 68.7 Å². The number of carbonyl (C=O) groups excluding carboxylic acids is 3. The molecule has 0 spiro atoms. The second-order valence-electron chi connectivity index (χ2n) is 14.7. The molecule has 1 amide bonds. The molecule has 0 radical (unpaired) electrons. The van der Waals surface area contributed by atoms with Crippen molar-refractivity contribution in [3.8, 4) is 11.1 Å². The predicted octanol–water partition coefficient (Wildman–Crippen LogP) is 7.02. The van der Waals surface area contributed by atoms with Gasteiger partial charge in [-0.1, -0.05) is 36.4 Å². The largest absolute Gasteiger partial charge is 0.331 e. The summed E-state index contributed by atoms with van der Waals surface area (Å²) in [5.74, 6) is 0.708. The number of nitrogens with two attached hydrogens (primary N) is 1. The maximum Gasteiger partial charge on any atom is 0.228 e. The number of rotatable bonds is 15. The predicted molar refractivity (Wildman–Crippen MR) is 196 cm³/mol. The summed E-state index contributed by atoms with van der Waals surface area (Å²) in [5, 5.41) is 11.0. The maximum absolute atomic E-state index is 13.7. The molecule has 0 saturated heterocycles. The molecule has 1 atom stereocenters. The Kier molecular flexibility index (Phi) is 12.0. The van der Waals surface area contributed by atoms with Crippen LogP contribution in [0.5, 0.6) is 0 Å². The number of anilines is 1. The fraction of sp³-hybridized carbons (Fsp3) is 0.450. The van der Waals surface area contributed by atoms with Gasteiger partial charge >= 0.3 is 0 Å². The van der Waals surface area contributed by atoms with Crippen LogP contribution < -0.4 is 11.1 Å². The van der Waals surface area contributed by atoms with Gasteiger partial charge in [-0.25, -0.2) is 4.99 Å². The zero-order valence-corrected chi connectivity index (χ0v) is 29.5. The molecule has 3 N–H and O–H groups in total. The molecule has 1 fully saturated rings. The highest BCUT2D eigenvalue weighted by Crippen LogP contribution is 2.32. The van der Waals surface area contributed by atoms with E-state index in [4.69, 9.17) is 5.73 Å². The minimum atomic E-state index is -0.512. The Labute approximate surface area is 290 Å². The smallest absolute Gasteiger partial charge is 0.228 e. The van der Waals surface area contributed by atoms with Crippen molar-refractivity contribution < 1.29 is 18.9 Å². The van der Waals surface area contributed by atoms with E-state index in [1.807, 2.05) is 61.5 Å². The summed E-state index contributed by atoms with van der Waals surface area (Å²) in [4.78, 5) is 44.4. The Balaban J connectivity index is 1.27. The number of benzene rings is 3. The molecule has 0 aromatic heterocycles. The number of azo groups is 1. The minimum Gasteiger partial charge on any atom is -0.331 e. The van der Waals surface area contributed by atoms with Crippen LogP contribution in [-0.2, 0) is 16.0 Å². The normalized spacial score (nSPS) is 18.2. The van der Waals surface area contributed by atoms with Gasteiger partial charge in [-0.2, -0.15) is 5.11 Å². The number of Topliss-reactive ketones (excluding diaryl/α,β-unsaturated/α-hetero) is 2. The lowest BCUT2D eigenvalue weighted by Crippen LogP contribution is -2.35. The summed E-state index contributed by atoms with van der Waals surface area (Å²) in [6.45, 7) is 3.99. The maximum atomic E-state index is 13.7. The fourth-order valence-corrected chi connectivity index (χ4v) is 6.84. The summed E-state index contributed by atoms with van der Waals surface area (Å²) < 4.78 is 0.845. The van der Waals surface area contributed by atoms with E-state index in [9.17, 15) is 14.4 Å². The molecule has 258 valence electrons. The van der Waals surface area contributed by atoms with E-state index in [0.29, 0.717) is 43.5 Å². The van der Waals surface area contributed by atoms with Gasteiger partial charge in [0.05, 0.1) is 27.7 Å². The number of nitrogens with zero attached hydrogens (tertiary/aromatic N) is 4. The molecule has 3 aromatic carbocycles. The van der Waals surface area contributed by atoms with Crippen molar-refractivity contribution >= 4 is 29.0 Å². The van der Waals surface area contributed by atoms with Gasteiger partial charge in [-0.15, -0.1) is 5.11 Å². The number of amides is 1. The van der Waals surface area contributed by atoms with Crippen molar-refractivity contribution in [2.45, 2.75) is 58.3 Å². The molecule has 1 heterocycles. The summed E-state index contributed by atoms with van der Waals surface area (Å²) in [6.07, 6.45) is 5.67. The number of aryl methyl sites for hydroxylation is 1. The second-order valence-corrected chi connectivity index (χ2v) is 14.7. The van der Waals surface area contributed by atoms with Gasteiger partial charge in [0.2, 0.25) is 5.91 Å². The lowest BCUT2D eigenvalue weighted by molar-refractivity contribution is -0.870. The minimum absolute atomic E-state index is 0.0170. The topological polar surface area (TPSA) is 126 Å². The van der Waals surface area contributed by atoms with Crippen LogP contribution >= 0.6 is 0 Å². The monoisotopic (exact) mass is 663 g/mol. The summed E-state index contributed by atoms with van der Waals surface area (Å²) >= 11 is 0. The van der Waals surface area contributed by atoms with Crippen LogP contribution in [0.4, 0.5) is 5.69 Å². The van der Waals surface area contributed by atoms with E-state index in [2.05, 4.69) is 53.8 Å². The molecule has 5 rings (SSSR count). The third-order valence-electron chi connectivity index (χ3n) is 9.84. The quantitative estimate of drug-likeness (QED) is 0.134. The molecular formula is C40H51N6O3+. The Hall–Kier alpha value is -4.34. The van der Waals surface area contributed by atoms with Gasteiger partial charge in [-0.05, 0) is 104 Å². The highest BCUT2D eigenvalue weighted by Gasteiger charge is 2.30. The third kappa shape index (κ3) is 10.1. The first-order valence-electron chi connectivity index (χ1n) is 17.6. The Bertz CT molecular complexity index is 1680. The van der Waals surface area contributed by atoms with Crippen molar-refractivity contribution in [2.24, 2.45) is 38.7 Å². The SMILES string of the molecule is Cc1cc(C(=O)CCC[N+](C)(C)C)ccc1-c1ccc(C[C@H](CC(=O)C2CCC(CN)CC2)C(=O)Nc2ccc(C3=NCN=N3)cc2)cc1. The number of ketones is 2. The van der Waals surface area contributed by atoms with E-state index in [0.717, 1.165) is 76.5 Å². The van der Waals surface area contributed by atoms with Crippen molar-refractivity contribution in [1.29, 1.82) is 0 Å². The molecular weight excluding hydrogens is 612 g/mol. The lowest BCUT2D eigenvalue weighted by atomic mass is 9.77. The lowest BCUT2D eigenvalue weighted by Gasteiger charge is -2.27. The van der Waals surface area contributed by atoms with Crippen molar-refractivity contribution in [3.63, 3.8) is 0 Å². The number of amidine groups is 1. The molecule has 9 heteroatoms. The zero-order chi connectivity index (χ0) is 35.0.